The van der Waals surface area contributed by atoms with Crippen molar-refractivity contribution < 1.29 is 0 Å². The summed E-state index contributed by atoms with van der Waals surface area (Å²) in [4.78, 5) is 2.63. The number of hydrogen-bond acceptors (Lipinski definition) is 1. The largest absolute Gasteiger partial charge is 0.301 e. The first-order valence-electron chi connectivity index (χ1n) is 7.00. The van der Waals surface area contributed by atoms with E-state index in [1.165, 1.54) is 58.0 Å². The molecule has 0 fully saturated rings. The van der Waals surface area contributed by atoms with Crippen molar-refractivity contribution in [2.75, 3.05) is 13.1 Å². The summed E-state index contributed by atoms with van der Waals surface area (Å²) >= 11 is 0. The summed E-state index contributed by atoms with van der Waals surface area (Å²) in [6.45, 7) is 11.8. The first-order valence-corrected chi connectivity index (χ1v) is 7.00. The van der Waals surface area contributed by atoms with Crippen molar-refractivity contribution in [3.05, 3.63) is 0 Å². The Labute approximate surface area is 97.2 Å². The second-order valence-corrected chi connectivity index (χ2v) is 4.68. The molecule has 0 saturated heterocycles. The third-order valence-electron chi connectivity index (χ3n) is 3.28. The van der Waals surface area contributed by atoms with Crippen LogP contribution in [0.2, 0.25) is 0 Å². The molecule has 0 amide bonds. The van der Waals surface area contributed by atoms with E-state index in [0.29, 0.717) is 0 Å². The molecule has 92 valence electrons. The van der Waals surface area contributed by atoms with Crippen LogP contribution in [-0.4, -0.2) is 24.0 Å². The molecule has 0 heterocycles. The van der Waals surface area contributed by atoms with Gasteiger partial charge in [-0.15, -0.1) is 0 Å². The van der Waals surface area contributed by atoms with Crippen molar-refractivity contribution in [1.29, 1.82) is 0 Å². The molecule has 1 unspecified atom stereocenters. The van der Waals surface area contributed by atoms with Crippen LogP contribution in [0.1, 0.15) is 72.6 Å². The van der Waals surface area contributed by atoms with Crippen molar-refractivity contribution in [2.45, 2.75) is 78.7 Å². The first kappa shape index (κ1) is 15.0. The lowest BCUT2D eigenvalue weighted by Gasteiger charge is -2.27. The van der Waals surface area contributed by atoms with Crippen LogP contribution in [0.3, 0.4) is 0 Å². The molecule has 0 aromatic carbocycles. The van der Waals surface area contributed by atoms with Crippen molar-refractivity contribution in [3.63, 3.8) is 0 Å². The minimum atomic E-state index is 0.783. The van der Waals surface area contributed by atoms with Crippen LogP contribution in [0.4, 0.5) is 0 Å². The standard InChI is InChI=1S/C14H31N/c1-5-8-9-10-11-13-15(7-3)14(4)12-6-2/h14H,5-13H2,1-4H3. The molecular formula is C14H31N. The maximum atomic E-state index is 2.63. The van der Waals surface area contributed by atoms with E-state index in [9.17, 15) is 0 Å². The van der Waals surface area contributed by atoms with Gasteiger partial charge >= 0.3 is 0 Å². The lowest BCUT2D eigenvalue weighted by Crippen LogP contribution is -2.33. The molecule has 0 aromatic heterocycles. The summed E-state index contributed by atoms with van der Waals surface area (Å²) in [5.74, 6) is 0. The summed E-state index contributed by atoms with van der Waals surface area (Å²) in [6, 6.07) is 0.783. The van der Waals surface area contributed by atoms with Gasteiger partial charge in [-0.1, -0.05) is 52.9 Å². The van der Waals surface area contributed by atoms with Gasteiger partial charge in [0, 0.05) is 6.04 Å². The third kappa shape index (κ3) is 7.84. The molecule has 0 spiro atoms. The van der Waals surface area contributed by atoms with Crippen molar-refractivity contribution in [1.82, 2.24) is 4.90 Å². The van der Waals surface area contributed by atoms with Crippen molar-refractivity contribution in [2.24, 2.45) is 0 Å². The number of unbranched alkanes of at least 4 members (excludes halogenated alkanes) is 4. The number of hydrogen-bond donors (Lipinski definition) is 0. The fourth-order valence-corrected chi connectivity index (χ4v) is 2.21. The fourth-order valence-electron chi connectivity index (χ4n) is 2.21. The molecule has 1 heteroatoms. The average molecular weight is 213 g/mol. The molecular weight excluding hydrogens is 182 g/mol. The van der Waals surface area contributed by atoms with E-state index in [2.05, 4.69) is 32.6 Å². The molecule has 1 nitrogen and oxygen atoms in total. The SMILES string of the molecule is CCCCCCCN(CC)C(C)CCC. The molecule has 0 N–H and O–H groups in total. The van der Waals surface area contributed by atoms with Gasteiger partial charge in [-0.2, -0.15) is 0 Å². The predicted molar refractivity (Wildman–Crippen MR) is 70.4 cm³/mol. The highest BCUT2D eigenvalue weighted by atomic mass is 15.1. The molecule has 0 bridgehead atoms. The van der Waals surface area contributed by atoms with Crippen molar-refractivity contribution in [3.8, 4) is 0 Å². The number of rotatable bonds is 10. The Morgan fingerprint density at radius 3 is 2.07 bits per heavy atom. The topological polar surface area (TPSA) is 3.24 Å². The second-order valence-electron chi connectivity index (χ2n) is 4.68. The molecule has 0 rings (SSSR count). The Hall–Kier alpha value is -0.0400. The lowest BCUT2D eigenvalue weighted by atomic mass is 10.1. The van der Waals surface area contributed by atoms with Crippen LogP contribution in [0.25, 0.3) is 0 Å². The van der Waals surface area contributed by atoms with E-state index in [0.717, 1.165) is 6.04 Å². The maximum Gasteiger partial charge on any atom is 0.00667 e. The van der Waals surface area contributed by atoms with E-state index in [-0.39, 0.29) is 0 Å². The molecule has 0 radical (unpaired) electrons. The van der Waals surface area contributed by atoms with Gasteiger partial charge in [0.1, 0.15) is 0 Å². The van der Waals surface area contributed by atoms with Crippen LogP contribution < -0.4 is 0 Å². The second kappa shape index (κ2) is 10.5. The van der Waals surface area contributed by atoms with Crippen molar-refractivity contribution >= 4 is 0 Å². The Bertz CT molecular complexity index is 123. The molecule has 15 heavy (non-hydrogen) atoms. The van der Waals surface area contributed by atoms with Crippen LogP contribution in [-0.2, 0) is 0 Å². The van der Waals surface area contributed by atoms with Crippen LogP contribution >= 0.6 is 0 Å². The summed E-state index contributed by atoms with van der Waals surface area (Å²) in [5.41, 5.74) is 0. The predicted octanol–water partition coefficient (Wildman–Crippen LogP) is 4.47. The summed E-state index contributed by atoms with van der Waals surface area (Å²) in [7, 11) is 0. The van der Waals surface area contributed by atoms with E-state index >= 15 is 0 Å². The Morgan fingerprint density at radius 2 is 1.53 bits per heavy atom. The zero-order chi connectivity index (χ0) is 11.5. The minimum absolute atomic E-state index is 0.783. The maximum absolute atomic E-state index is 2.63. The zero-order valence-corrected chi connectivity index (χ0v) is 11.4. The quantitative estimate of drug-likeness (QED) is 0.484. The van der Waals surface area contributed by atoms with Gasteiger partial charge in [0.2, 0.25) is 0 Å². The minimum Gasteiger partial charge on any atom is -0.301 e. The zero-order valence-electron chi connectivity index (χ0n) is 11.4. The summed E-state index contributed by atoms with van der Waals surface area (Å²) < 4.78 is 0. The van der Waals surface area contributed by atoms with Gasteiger partial charge < -0.3 is 4.90 Å². The van der Waals surface area contributed by atoms with E-state index in [1.807, 2.05) is 0 Å². The highest BCUT2D eigenvalue weighted by Crippen LogP contribution is 2.09. The van der Waals surface area contributed by atoms with E-state index in [1.54, 1.807) is 0 Å². The van der Waals surface area contributed by atoms with Gasteiger partial charge in [-0.3, -0.25) is 0 Å². The summed E-state index contributed by atoms with van der Waals surface area (Å²) in [6.07, 6.45) is 9.66. The Morgan fingerprint density at radius 1 is 0.867 bits per heavy atom. The van der Waals surface area contributed by atoms with Gasteiger partial charge in [-0.05, 0) is 32.9 Å². The van der Waals surface area contributed by atoms with E-state index < -0.39 is 0 Å². The molecule has 0 saturated carbocycles. The van der Waals surface area contributed by atoms with Crippen LogP contribution in [0.15, 0.2) is 0 Å². The normalized spacial score (nSPS) is 13.4. The van der Waals surface area contributed by atoms with E-state index in [4.69, 9.17) is 0 Å². The van der Waals surface area contributed by atoms with Crippen LogP contribution in [0, 0.1) is 0 Å². The fraction of sp³-hybridized carbons (Fsp3) is 1.00. The Balaban J connectivity index is 3.51. The van der Waals surface area contributed by atoms with Gasteiger partial charge in [-0.25, -0.2) is 0 Å². The Kier molecular flexibility index (Phi) is 10.4. The average Bonchev–Trinajstić information content (AvgIpc) is 2.23. The highest BCUT2D eigenvalue weighted by Gasteiger charge is 2.09. The molecule has 0 aromatic rings. The molecule has 0 aliphatic rings. The highest BCUT2D eigenvalue weighted by molar-refractivity contribution is 4.65. The molecule has 0 aliphatic heterocycles. The number of nitrogens with zero attached hydrogens (tertiary/aromatic N) is 1. The third-order valence-corrected chi connectivity index (χ3v) is 3.28. The lowest BCUT2D eigenvalue weighted by molar-refractivity contribution is 0.204. The summed E-state index contributed by atoms with van der Waals surface area (Å²) in [5, 5.41) is 0. The van der Waals surface area contributed by atoms with Gasteiger partial charge in [0.05, 0.1) is 0 Å². The first-order chi connectivity index (χ1) is 7.26. The van der Waals surface area contributed by atoms with Crippen LogP contribution in [0.5, 0.6) is 0 Å². The molecule has 0 aliphatic carbocycles. The monoisotopic (exact) mass is 213 g/mol. The van der Waals surface area contributed by atoms with Gasteiger partial charge in [0.15, 0.2) is 0 Å². The van der Waals surface area contributed by atoms with Gasteiger partial charge in [0.25, 0.3) is 0 Å². The molecule has 1 atom stereocenters. The smallest absolute Gasteiger partial charge is 0.00667 e.